The molecule has 1 aliphatic rings. The predicted molar refractivity (Wildman–Crippen MR) is 135 cm³/mol. The Balaban J connectivity index is 1.20. The zero-order valence-corrected chi connectivity index (χ0v) is 20.4. The summed E-state index contributed by atoms with van der Waals surface area (Å²) in [6.07, 6.45) is 3.22. The van der Waals surface area contributed by atoms with Gasteiger partial charge in [-0.2, -0.15) is 5.10 Å². The lowest BCUT2D eigenvalue weighted by molar-refractivity contribution is -0.126. The fourth-order valence-electron chi connectivity index (χ4n) is 4.23. The van der Waals surface area contributed by atoms with Crippen LogP contribution in [0.1, 0.15) is 12.0 Å². The molecule has 5 rings (SSSR count). The molecule has 0 spiro atoms. The Bertz CT molecular complexity index is 1430. The van der Waals surface area contributed by atoms with E-state index in [9.17, 15) is 14.4 Å². The van der Waals surface area contributed by atoms with E-state index >= 15 is 0 Å². The van der Waals surface area contributed by atoms with Crippen LogP contribution >= 0.6 is 15.9 Å². The second kappa shape index (κ2) is 9.83. The molecule has 0 saturated carbocycles. The number of aromatic nitrogens is 4. The number of anilines is 1. The van der Waals surface area contributed by atoms with Crippen LogP contribution in [0.4, 0.5) is 5.69 Å². The van der Waals surface area contributed by atoms with E-state index in [1.165, 1.54) is 12.5 Å². The van der Waals surface area contributed by atoms with Gasteiger partial charge in [-0.05, 0) is 29.8 Å². The van der Waals surface area contributed by atoms with Crippen LogP contribution in [0.2, 0.25) is 0 Å². The highest BCUT2D eigenvalue weighted by Crippen LogP contribution is 2.24. The summed E-state index contributed by atoms with van der Waals surface area (Å²) in [6, 6.07) is 17.1. The zero-order valence-electron chi connectivity index (χ0n) is 18.8. The van der Waals surface area contributed by atoms with Crippen molar-refractivity contribution in [3.05, 3.63) is 87.5 Å². The molecule has 2 amide bonds. The first kappa shape index (κ1) is 23.0. The van der Waals surface area contributed by atoms with Crippen molar-refractivity contribution in [2.24, 2.45) is 5.92 Å². The van der Waals surface area contributed by atoms with Crippen molar-refractivity contribution in [1.29, 1.82) is 0 Å². The van der Waals surface area contributed by atoms with Gasteiger partial charge in [0, 0.05) is 29.7 Å². The van der Waals surface area contributed by atoms with Crippen LogP contribution in [0.25, 0.3) is 11.0 Å². The number of hydrogen-bond donors (Lipinski definition) is 1. The Labute approximate surface area is 209 Å². The predicted octanol–water partition coefficient (Wildman–Crippen LogP) is 2.57. The molecule has 1 saturated heterocycles. The molecule has 2 aromatic heterocycles. The maximum absolute atomic E-state index is 12.9. The second-order valence-electron chi connectivity index (χ2n) is 8.44. The highest BCUT2D eigenvalue weighted by atomic mass is 79.9. The lowest BCUT2D eigenvalue weighted by Gasteiger charge is -2.16. The third-order valence-corrected chi connectivity index (χ3v) is 6.60. The van der Waals surface area contributed by atoms with Gasteiger partial charge in [-0.25, -0.2) is 9.67 Å². The number of carbonyl (C=O) groups excluding carboxylic acids is 2. The van der Waals surface area contributed by atoms with E-state index in [0.717, 1.165) is 15.7 Å². The van der Waals surface area contributed by atoms with Gasteiger partial charge in [0.2, 0.25) is 11.8 Å². The standard InChI is InChI=1S/C25H23BrN6O3/c26-19-8-6-17(7-9-19)14-30-16-28-23-21(25(30)35)13-29-32(23)11-10-27-24(34)18-12-22(33)31(15-18)20-4-2-1-3-5-20/h1-9,13,16,18H,10-12,14-15H2,(H,27,34). The molecule has 4 aromatic rings. The molecule has 1 fully saturated rings. The van der Waals surface area contributed by atoms with Gasteiger partial charge in [0.25, 0.3) is 5.56 Å². The molecule has 1 aliphatic heterocycles. The Hall–Kier alpha value is -3.79. The van der Waals surface area contributed by atoms with Gasteiger partial charge in [0.05, 0.1) is 25.2 Å². The molecule has 1 atom stereocenters. The number of halogens is 1. The Kier molecular flexibility index (Phi) is 6.45. The lowest BCUT2D eigenvalue weighted by Crippen LogP contribution is -2.35. The molecular formula is C25H23BrN6O3. The van der Waals surface area contributed by atoms with Gasteiger partial charge in [0.15, 0.2) is 5.65 Å². The van der Waals surface area contributed by atoms with Gasteiger partial charge in [0.1, 0.15) is 11.7 Å². The molecule has 1 N–H and O–H groups in total. The highest BCUT2D eigenvalue weighted by molar-refractivity contribution is 9.10. The van der Waals surface area contributed by atoms with Crippen molar-refractivity contribution in [2.45, 2.75) is 19.5 Å². The second-order valence-corrected chi connectivity index (χ2v) is 9.36. The lowest BCUT2D eigenvalue weighted by atomic mass is 10.1. The third kappa shape index (κ3) is 4.88. The number of nitrogens with one attached hydrogen (secondary N) is 1. The Morgan fingerprint density at radius 1 is 1.09 bits per heavy atom. The van der Waals surface area contributed by atoms with E-state index in [-0.39, 0.29) is 23.8 Å². The van der Waals surface area contributed by atoms with Crippen LogP contribution in [-0.2, 0) is 22.7 Å². The van der Waals surface area contributed by atoms with Crippen LogP contribution in [0.5, 0.6) is 0 Å². The number of fused-ring (bicyclic) bond motifs is 1. The minimum Gasteiger partial charge on any atom is -0.354 e. The highest BCUT2D eigenvalue weighted by Gasteiger charge is 2.34. The topological polar surface area (TPSA) is 102 Å². The molecule has 35 heavy (non-hydrogen) atoms. The summed E-state index contributed by atoms with van der Waals surface area (Å²) in [5, 5.41) is 7.61. The number of nitrogens with zero attached hydrogens (tertiary/aromatic N) is 5. The first-order valence-corrected chi connectivity index (χ1v) is 12.1. The van der Waals surface area contributed by atoms with E-state index < -0.39 is 5.92 Å². The van der Waals surface area contributed by atoms with Crippen molar-refractivity contribution in [3.8, 4) is 0 Å². The Morgan fingerprint density at radius 3 is 2.63 bits per heavy atom. The Morgan fingerprint density at radius 2 is 1.86 bits per heavy atom. The van der Waals surface area contributed by atoms with E-state index in [4.69, 9.17) is 0 Å². The number of rotatable bonds is 7. The smallest absolute Gasteiger partial charge is 0.264 e. The average molecular weight is 535 g/mol. The normalized spacial score (nSPS) is 15.6. The molecule has 0 bridgehead atoms. The van der Waals surface area contributed by atoms with Crippen LogP contribution < -0.4 is 15.8 Å². The molecule has 0 aliphatic carbocycles. The monoisotopic (exact) mass is 534 g/mol. The van der Waals surface area contributed by atoms with Gasteiger partial charge < -0.3 is 10.2 Å². The fraction of sp³-hybridized carbons (Fsp3) is 0.240. The van der Waals surface area contributed by atoms with Crippen molar-refractivity contribution < 1.29 is 9.59 Å². The SMILES string of the molecule is O=C(NCCn1ncc2c(=O)n(Cc3ccc(Br)cc3)cnc21)C1CC(=O)N(c2ccccc2)C1. The molecule has 1 unspecified atom stereocenters. The number of benzene rings is 2. The van der Waals surface area contributed by atoms with Crippen molar-refractivity contribution in [2.75, 3.05) is 18.0 Å². The minimum atomic E-state index is -0.402. The molecular weight excluding hydrogens is 512 g/mol. The van der Waals surface area contributed by atoms with Crippen LogP contribution in [0.3, 0.4) is 0 Å². The van der Waals surface area contributed by atoms with E-state index in [1.54, 1.807) is 14.1 Å². The molecule has 10 heteroatoms. The van der Waals surface area contributed by atoms with Gasteiger partial charge in [-0.1, -0.05) is 46.3 Å². The molecule has 0 radical (unpaired) electrons. The van der Waals surface area contributed by atoms with Gasteiger partial charge in [-0.15, -0.1) is 0 Å². The number of carbonyl (C=O) groups is 2. The van der Waals surface area contributed by atoms with Crippen LogP contribution in [-0.4, -0.2) is 44.2 Å². The average Bonchev–Trinajstić information content (AvgIpc) is 3.47. The van der Waals surface area contributed by atoms with Crippen LogP contribution in [0.15, 0.2) is 76.4 Å². The number of para-hydroxylation sites is 1. The third-order valence-electron chi connectivity index (χ3n) is 6.07. The van der Waals surface area contributed by atoms with Gasteiger partial charge >= 0.3 is 0 Å². The zero-order chi connectivity index (χ0) is 24.4. The quantitative estimate of drug-likeness (QED) is 0.392. The molecule has 9 nitrogen and oxygen atoms in total. The van der Waals surface area contributed by atoms with E-state index in [1.807, 2.05) is 54.6 Å². The molecule has 2 aromatic carbocycles. The summed E-state index contributed by atoms with van der Waals surface area (Å²) in [7, 11) is 0. The van der Waals surface area contributed by atoms with E-state index in [2.05, 4.69) is 31.3 Å². The van der Waals surface area contributed by atoms with Crippen molar-refractivity contribution in [1.82, 2.24) is 24.6 Å². The summed E-state index contributed by atoms with van der Waals surface area (Å²) in [5.41, 5.74) is 2.09. The van der Waals surface area contributed by atoms with Crippen molar-refractivity contribution >= 4 is 44.5 Å². The number of hydrogen-bond acceptors (Lipinski definition) is 5. The van der Waals surface area contributed by atoms with Crippen LogP contribution in [0, 0.1) is 5.92 Å². The maximum atomic E-state index is 12.9. The molecule has 178 valence electrons. The first-order valence-electron chi connectivity index (χ1n) is 11.3. The molecule has 3 heterocycles. The van der Waals surface area contributed by atoms with E-state index in [0.29, 0.717) is 37.2 Å². The largest absolute Gasteiger partial charge is 0.354 e. The maximum Gasteiger partial charge on any atom is 0.264 e. The summed E-state index contributed by atoms with van der Waals surface area (Å²) < 4.78 is 4.13. The number of amides is 2. The van der Waals surface area contributed by atoms with Crippen molar-refractivity contribution in [3.63, 3.8) is 0 Å². The summed E-state index contributed by atoms with van der Waals surface area (Å²) in [5.74, 6) is -0.628. The summed E-state index contributed by atoms with van der Waals surface area (Å²) in [6.45, 7) is 1.45. The fourth-order valence-corrected chi connectivity index (χ4v) is 4.49. The van der Waals surface area contributed by atoms with Gasteiger partial charge in [-0.3, -0.25) is 19.0 Å². The first-order chi connectivity index (χ1) is 17.0. The minimum absolute atomic E-state index is 0.0574. The summed E-state index contributed by atoms with van der Waals surface area (Å²) in [4.78, 5) is 44.0. The summed E-state index contributed by atoms with van der Waals surface area (Å²) >= 11 is 3.41.